The van der Waals surface area contributed by atoms with E-state index in [1.165, 1.54) is 6.33 Å². The minimum absolute atomic E-state index is 0.0612. The van der Waals surface area contributed by atoms with Gasteiger partial charge in [0.15, 0.2) is 5.82 Å². The van der Waals surface area contributed by atoms with Gasteiger partial charge in [0, 0.05) is 41.5 Å². The number of nitrogen functional groups attached to an aromatic ring is 1. The molecule has 4 amide bonds. The van der Waals surface area contributed by atoms with Crippen LogP contribution in [0.1, 0.15) is 58.1 Å². The number of imide groups is 1. The molecule has 3 N–H and O–H groups in total. The number of hydrogen-bond donors (Lipinski definition) is 2. The molecule has 0 radical (unpaired) electrons. The van der Waals surface area contributed by atoms with Crippen molar-refractivity contribution in [3.8, 4) is 11.1 Å². The number of hydrogen-bond acceptors (Lipinski definition) is 7. The lowest BCUT2D eigenvalue weighted by Gasteiger charge is -2.38. The van der Waals surface area contributed by atoms with Crippen molar-refractivity contribution in [3.05, 3.63) is 72.7 Å². The highest BCUT2D eigenvalue weighted by Crippen LogP contribution is 2.38. The second-order valence-electron chi connectivity index (χ2n) is 13.5. The first kappa shape index (κ1) is 30.9. The average molecular weight is 635 g/mol. The maximum Gasteiger partial charge on any atom is 0.331 e. The molecule has 2 aliphatic heterocycles. The summed E-state index contributed by atoms with van der Waals surface area (Å²) in [6.45, 7) is 9.02. The van der Waals surface area contributed by atoms with Gasteiger partial charge in [-0.15, -0.1) is 0 Å². The smallest absolute Gasteiger partial charge is 0.331 e. The minimum atomic E-state index is -1.02. The highest BCUT2D eigenvalue weighted by Gasteiger charge is 2.48. The van der Waals surface area contributed by atoms with Crippen molar-refractivity contribution in [1.29, 1.82) is 0 Å². The molecular formula is C36H42N8O3. The predicted molar refractivity (Wildman–Crippen MR) is 182 cm³/mol. The van der Waals surface area contributed by atoms with Gasteiger partial charge in [-0.3, -0.25) is 9.59 Å². The first-order chi connectivity index (χ1) is 22.7. The number of likely N-dealkylation sites (tertiary alicyclic amines) is 1. The lowest BCUT2D eigenvalue weighted by Crippen LogP contribution is -2.60. The van der Waals surface area contributed by atoms with Crippen LogP contribution in [-0.2, 0) is 9.59 Å². The van der Waals surface area contributed by atoms with Gasteiger partial charge in [-0.2, -0.15) is 5.10 Å². The summed E-state index contributed by atoms with van der Waals surface area (Å²) < 4.78 is 1.94. The van der Waals surface area contributed by atoms with E-state index in [4.69, 9.17) is 5.73 Å². The largest absolute Gasteiger partial charge is 0.382 e. The van der Waals surface area contributed by atoms with Crippen LogP contribution in [0.4, 0.5) is 22.0 Å². The van der Waals surface area contributed by atoms with Crippen molar-refractivity contribution in [2.75, 3.05) is 35.6 Å². The van der Waals surface area contributed by atoms with Gasteiger partial charge in [-0.05, 0) is 87.5 Å². The van der Waals surface area contributed by atoms with Crippen LogP contribution in [0.2, 0.25) is 0 Å². The van der Waals surface area contributed by atoms with Crippen molar-refractivity contribution >= 4 is 40.6 Å². The highest BCUT2D eigenvalue weighted by molar-refractivity contribution is 6.23. The molecule has 1 aliphatic carbocycles. The predicted octanol–water partition coefficient (Wildman–Crippen LogP) is 5.39. The SMILES string of the molecule is CC(C)C(C)N1CCC(c2cc(-c3ccc(NC(=O)C4CN(C5CC5)C(=O)N(c5ccccc5)C4=O)cc3)c3c(N)ncnn23)CC1. The molecule has 4 aromatic rings. The lowest BCUT2D eigenvalue weighted by atomic mass is 9.91. The number of urea groups is 1. The van der Waals surface area contributed by atoms with E-state index in [9.17, 15) is 14.4 Å². The van der Waals surface area contributed by atoms with Crippen LogP contribution in [0.3, 0.4) is 0 Å². The number of benzene rings is 2. The summed E-state index contributed by atoms with van der Waals surface area (Å²) in [5.41, 5.74) is 11.2. The van der Waals surface area contributed by atoms with Gasteiger partial charge in [-0.1, -0.05) is 44.2 Å². The fourth-order valence-electron chi connectivity index (χ4n) is 7.02. The molecule has 47 heavy (non-hydrogen) atoms. The number of amides is 4. The van der Waals surface area contributed by atoms with E-state index in [1.807, 2.05) is 34.8 Å². The van der Waals surface area contributed by atoms with Crippen LogP contribution in [0, 0.1) is 11.8 Å². The van der Waals surface area contributed by atoms with Crippen LogP contribution in [0.25, 0.3) is 16.6 Å². The second kappa shape index (κ2) is 12.4. The number of para-hydroxylation sites is 1. The molecule has 2 aromatic heterocycles. The number of aromatic nitrogens is 3. The van der Waals surface area contributed by atoms with Gasteiger partial charge in [0.1, 0.15) is 17.8 Å². The summed E-state index contributed by atoms with van der Waals surface area (Å²) in [6, 6.07) is 18.8. The van der Waals surface area contributed by atoms with Gasteiger partial charge < -0.3 is 20.9 Å². The number of carbonyl (C=O) groups is 3. The summed E-state index contributed by atoms with van der Waals surface area (Å²) in [7, 11) is 0. The molecule has 2 atom stereocenters. The van der Waals surface area contributed by atoms with E-state index < -0.39 is 17.7 Å². The third kappa shape index (κ3) is 5.84. The highest BCUT2D eigenvalue weighted by atomic mass is 16.2. The second-order valence-corrected chi connectivity index (χ2v) is 13.5. The molecule has 2 saturated heterocycles. The Kier molecular flexibility index (Phi) is 8.17. The van der Waals surface area contributed by atoms with Crippen LogP contribution in [0.5, 0.6) is 0 Å². The topological polar surface area (TPSA) is 129 Å². The van der Waals surface area contributed by atoms with Crippen LogP contribution >= 0.6 is 0 Å². The Hall–Kier alpha value is -4.77. The molecule has 0 bridgehead atoms. The molecular weight excluding hydrogens is 592 g/mol. The number of fused-ring (bicyclic) bond motifs is 1. The minimum Gasteiger partial charge on any atom is -0.382 e. The molecule has 7 rings (SSSR count). The van der Waals surface area contributed by atoms with Gasteiger partial charge in [-0.25, -0.2) is 19.2 Å². The molecule has 2 aromatic carbocycles. The maximum atomic E-state index is 13.6. The number of nitrogens with zero attached hydrogens (tertiary/aromatic N) is 6. The summed E-state index contributed by atoms with van der Waals surface area (Å²) in [5.74, 6) is -0.586. The zero-order chi connectivity index (χ0) is 32.8. The van der Waals surface area contributed by atoms with E-state index in [2.05, 4.69) is 47.1 Å². The summed E-state index contributed by atoms with van der Waals surface area (Å²) in [4.78, 5) is 50.1. The van der Waals surface area contributed by atoms with Gasteiger partial charge in [0.2, 0.25) is 11.8 Å². The fourth-order valence-corrected chi connectivity index (χ4v) is 7.02. The maximum absolute atomic E-state index is 13.6. The van der Waals surface area contributed by atoms with Gasteiger partial charge in [0.25, 0.3) is 0 Å². The van der Waals surface area contributed by atoms with Crippen molar-refractivity contribution < 1.29 is 14.4 Å². The zero-order valence-electron chi connectivity index (χ0n) is 27.2. The Balaban J connectivity index is 1.11. The average Bonchev–Trinajstić information content (AvgIpc) is 3.85. The van der Waals surface area contributed by atoms with E-state index in [1.54, 1.807) is 29.2 Å². The third-order valence-electron chi connectivity index (χ3n) is 10.2. The number of carbonyl (C=O) groups excluding carboxylic acids is 3. The Morgan fingerprint density at radius 1 is 0.957 bits per heavy atom. The Morgan fingerprint density at radius 2 is 1.66 bits per heavy atom. The Morgan fingerprint density at radius 3 is 2.32 bits per heavy atom. The van der Waals surface area contributed by atoms with E-state index >= 15 is 0 Å². The summed E-state index contributed by atoms with van der Waals surface area (Å²) in [6.07, 6.45) is 5.35. The van der Waals surface area contributed by atoms with Gasteiger partial charge >= 0.3 is 6.03 Å². The normalized spacial score (nSPS) is 20.3. The van der Waals surface area contributed by atoms with Crippen molar-refractivity contribution in [1.82, 2.24) is 24.4 Å². The number of nitrogens with one attached hydrogen (secondary N) is 1. The summed E-state index contributed by atoms with van der Waals surface area (Å²) in [5, 5.41) is 7.54. The lowest BCUT2D eigenvalue weighted by molar-refractivity contribution is -0.132. The molecule has 3 fully saturated rings. The number of piperidine rings is 1. The van der Waals surface area contributed by atoms with Crippen LogP contribution in [0.15, 0.2) is 67.0 Å². The Labute approximate surface area is 274 Å². The Bertz CT molecular complexity index is 1790. The monoisotopic (exact) mass is 634 g/mol. The number of anilines is 3. The summed E-state index contributed by atoms with van der Waals surface area (Å²) >= 11 is 0. The van der Waals surface area contributed by atoms with E-state index in [-0.39, 0.29) is 18.6 Å². The molecule has 11 heteroatoms. The van der Waals surface area contributed by atoms with Gasteiger partial charge in [0.05, 0.1) is 5.69 Å². The van der Waals surface area contributed by atoms with Crippen molar-refractivity contribution in [2.24, 2.45) is 11.8 Å². The molecule has 0 spiro atoms. The van der Waals surface area contributed by atoms with Crippen LogP contribution < -0.4 is 16.0 Å². The first-order valence-corrected chi connectivity index (χ1v) is 16.7. The molecule has 3 aliphatic rings. The number of rotatable bonds is 8. The third-order valence-corrected chi connectivity index (χ3v) is 10.2. The van der Waals surface area contributed by atoms with Crippen molar-refractivity contribution in [3.63, 3.8) is 0 Å². The molecule has 244 valence electrons. The molecule has 11 nitrogen and oxygen atoms in total. The molecule has 1 saturated carbocycles. The van der Waals surface area contributed by atoms with E-state index in [0.29, 0.717) is 35.1 Å². The molecule has 2 unspecified atom stereocenters. The number of nitrogens with two attached hydrogens (primary N) is 1. The first-order valence-electron chi connectivity index (χ1n) is 16.7. The van der Waals surface area contributed by atoms with Crippen molar-refractivity contribution in [2.45, 2.75) is 64.5 Å². The molecule has 4 heterocycles. The van der Waals surface area contributed by atoms with E-state index in [0.717, 1.165) is 66.0 Å². The fraction of sp³-hybridized carbons (Fsp3) is 0.417. The quantitative estimate of drug-likeness (QED) is 0.249. The zero-order valence-corrected chi connectivity index (χ0v) is 27.2. The standard InChI is InChI=1S/C36H42N8O3/c1-22(2)23(3)41-17-15-25(16-18-41)31-19-29(32-33(37)38-21-39-44(31)32)24-9-11-26(12-10-24)40-34(45)30-20-42(27-13-14-27)36(47)43(35(30)46)28-7-5-4-6-8-28/h4-12,19,21-23,25,27,30H,13-18,20H2,1-3H3,(H,40,45)(H2,37,38,39). The van der Waals surface area contributed by atoms with Crippen LogP contribution in [-0.4, -0.2) is 74.0 Å².